The minimum absolute atomic E-state index is 0.0687. The fraction of sp³-hybridized carbons (Fsp3) is 0.412. The molecule has 6 nitrogen and oxygen atoms in total. The van der Waals surface area contributed by atoms with Gasteiger partial charge in [0.15, 0.2) is 11.5 Å². The summed E-state index contributed by atoms with van der Waals surface area (Å²) in [4.78, 5) is 22.4. The van der Waals surface area contributed by atoms with Crippen LogP contribution in [0.25, 0.3) is 6.08 Å². The van der Waals surface area contributed by atoms with E-state index in [-0.39, 0.29) is 11.8 Å². The number of rotatable bonds is 9. The molecule has 0 saturated heterocycles. The average molecular weight is 320 g/mol. The van der Waals surface area contributed by atoms with Crippen LogP contribution in [0.15, 0.2) is 24.3 Å². The van der Waals surface area contributed by atoms with Crippen molar-refractivity contribution in [3.63, 3.8) is 0 Å². The van der Waals surface area contributed by atoms with Gasteiger partial charge in [0.05, 0.1) is 13.7 Å². The predicted molar refractivity (Wildman–Crippen MR) is 89.5 cm³/mol. The monoisotopic (exact) mass is 320 g/mol. The molecule has 1 rings (SSSR count). The largest absolute Gasteiger partial charge is 0.493 e. The second-order valence-electron chi connectivity index (χ2n) is 4.80. The predicted octanol–water partition coefficient (Wildman–Crippen LogP) is 1.75. The third kappa shape index (κ3) is 7.35. The standard InChI is InChI=1S/C17H24N2O4/c1-4-23-16-12-14(6-8-15(16)22-3)7-9-17(21)19-11-5-10-18-13(2)20/h6-9,12H,4-5,10-11H2,1-3H3,(H,18,20)(H,19,21). The highest BCUT2D eigenvalue weighted by molar-refractivity contribution is 5.91. The third-order valence-corrected chi connectivity index (χ3v) is 2.94. The van der Waals surface area contributed by atoms with E-state index in [1.807, 2.05) is 19.1 Å². The van der Waals surface area contributed by atoms with Crippen LogP contribution in [-0.4, -0.2) is 38.6 Å². The summed E-state index contributed by atoms with van der Waals surface area (Å²) >= 11 is 0. The lowest BCUT2D eigenvalue weighted by atomic mass is 10.2. The highest BCUT2D eigenvalue weighted by Crippen LogP contribution is 2.28. The summed E-state index contributed by atoms with van der Waals surface area (Å²) in [6.45, 7) is 4.97. The van der Waals surface area contributed by atoms with Crippen LogP contribution in [0.3, 0.4) is 0 Å². The highest BCUT2D eigenvalue weighted by atomic mass is 16.5. The Morgan fingerprint density at radius 3 is 2.57 bits per heavy atom. The Labute approximate surface area is 136 Å². The van der Waals surface area contributed by atoms with Crippen LogP contribution in [0, 0.1) is 0 Å². The molecule has 1 aromatic carbocycles. The SMILES string of the molecule is CCOc1cc(C=CC(=O)NCCCNC(C)=O)ccc1OC. The molecular weight excluding hydrogens is 296 g/mol. The maximum absolute atomic E-state index is 11.7. The lowest BCUT2D eigenvalue weighted by molar-refractivity contribution is -0.119. The Morgan fingerprint density at radius 1 is 1.17 bits per heavy atom. The zero-order valence-corrected chi connectivity index (χ0v) is 13.8. The van der Waals surface area contributed by atoms with Crippen molar-refractivity contribution >= 4 is 17.9 Å². The molecule has 0 heterocycles. The first-order valence-corrected chi connectivity index (χ1v) is 7.58. The fourth-order valence-corrected chi connectivity index (χ4v) is 1.86. The van der Waals surface area contributed by atoms with E-state index < -0.39 is 0 Å². The molecule has 23 heavy (non-hydrogen) atoms. The van der Waals surface area contributed by atoms with Gasteiger partial charge in [0.2, 0.25) is 11.8 Å². The normalized spacial score (nSPS) is 10.4. The molecule has 2 amide bonds. The number of methoxy groups -OCH3 is 1. The Morgan fingerprint density at radius 2 is 1.91 bits per heavy atom. The van der Waals surface area contributed by atoms with Gasteiger partial charge in [-0.3, -0.25) is 9.59 Å². The molecule has 0 aliphatic heterocycles. The van der Waals surface area contributed by atoms with Crippen LogP contribution in [0.2, 0.25) is 0 Å². The zero-order valence-electron chi connectivity index (χ0n) is 13.8. The van der Waals surface area contributed by atoms with Crippen molar-refractivity contribution in [1.29, 1.82) is 0 Å². The number of hydrogen-bond acceptors (Lipinski definition) is 4. The molecule has 0 bridgehead atoms. The highest BCUT2D eigenvalue weighted by Gasteiger charge is 2.04. The number of carbonyl (C=O) groups is 2. The van der Waals surface area contributed by atoms with Crippen molar-refractivity contribution in [3.8, 4) is 11.5 Å². The fourth-order valence-electron chi connectivity index (χ4n) is 1.86. The second kappa shape index (κ2) is 10.3. The summed E-state index contributed by atoms with van der Waals surface area (Å²) in [5.41, 5.74) is 0.850. The van der Waals surface area contributed by atoms with E-state index in [9.17, 15) is 9.59 Å². The van der Waals surface area contributed by atoms with E-state index in [4.69, 9.17) is 9.47 Å². The zero-order chi connectivity index (χ0) is 17.1. The maximum atomic E-state index is 11.7. The maximum Gasteiger partial charge on any atom is 0.244 e. The molecule has 126 valence electrons. The van der Waals surface area contributed by atoms with Crippen molar-refractivity contribution in [3.05, 3.63) is 29.8 Å². The van der Waals surface area contributed by atoms with Gasteiger partial charge in [-0.15, -0.1) is 0 Å². The van der Waals surface area contributed by atoms with Gasteiger partial charge in [0.25, 0.3) is 0 Å². The summed E-state index contributed by atoms with van der Waals surface area (Å²) in [7, 11) is 1.59. The quantitative estimate of drug-likeness (QED) is 0.537. The molecule has 0 aromatic heterocycles. The topological polar surface area (TPSA) is 76.7 Å². The van der Waals surface area contributed by atoms with Gasteiger partial charge in [-0.25, -0.2) is 0 Å². The number of hydrogen-bond donors (Lipinski definition) is 2. The molecule has 0 fully saturated rings. The number of amides is 2. The Bertz CT molecular complexity index is 556. The molecule has 1 aromatic rings. The second-order valence-corrected chi connectivity index (χ2v) is 4.80. The van der Waals surface area contributed by atoms with Crippen molar-refractivity contribution in [2.45, 2.75) is 20.3 Å². The smallest absolute Gasteiger partial charge is 0.244 e. The van der Waals surface area contributed by atoms with Crippen LogP contribution in [0.5, 0.6) is 11.5 Å². The van der Waals surface area contributed by atoms with Crippen LogP contribution in [0.4, 0.5) is 0 Å². The Hall–Kier alpha value is -2.50. The van der Waals surface area contributed by atoms with Gasteiger partial charge >= 0.3 is 0 Å². The van der Waals surface area contributed by atoms with Gasteiger partial charge in [-0.1, -0.05) is 6.07 Å². The van der Waals surface area contributed by atoms with E-state index in [1.54, 1.807) is 19.3 Å². The van der Waals surface area contributed by atoms with Gasteiger partial charge in [-0.05, 0) is 37.1 Å². The molecule has 0 radical (unpaired) electrons. The minimum atomic E-state index is -0.179. The molecule has 2 N–H and O–H groups in total. The van der Waals surface area contributed by atoms with Crippen molar-refractivity contribution in [2.75, 3.05) is 26.8 Å². The van der Waals surface area contributed by atoms with E-state index in [1.165, 1.54) is 13.0 Å². The first-order chi connectivity index (χ1) is 11.1. The molecule has 0 aliphatic rings. The summed E-state index contributed by atoms with van der Waals surface area (Å²) in [5.74, 6) is 1.06. The Balaban J connectivity index is 2.48. The van der Waals surface area contributed by atoms with E-state index in [0.29, 0.717) is 37.6 Å². The molecular formula is C17H24N2O4. The molecule has 0 spiro atoms. The van der Waals surface area contributed by atoms with E-state index in [2.05, 4.69) is 10.6 Å². The van der Waals surface area contributed by atoms with Gasteiger partial charge < -0.3 is 20.1 Å². The molecule has 0 saturated carbocycles. The summed E-state index contributed by atoms with van der Waals surface area (Å²) in [6.07, 6.45) is 3.87. The number of carbonyl (C=O) groups excluding carboxylic acids is 2. The van der Waals surface area contributed by atoms with E-state index in [0.717, 1.165) is 5.56 Å². The van der Waals surface area contributed by atoms with Crippen LogP contribution < -0.4 is 20.1 Å². The van der Waals surface area contributed by atoms with Crippen molar-refractivity contribution < 1.29 is 19.1 Å². The average Bonchev–Trinajstić information content (AvgIpc) is 2.53. The molecule has 6 heteroatoms. The lowest BCUT2D eigenvalue weighted by Gasteiger charge is -2.09. The van der Waals surface area contributed by atoms with Crippen molar-refractivity contribution in [1.82, 2.24) is 10.6 Å². The van der Waals surface area contributed by atoms with Gasteiger partial charge in [-0.2, -0.15) is 0 Å². The lowest BCUT2D eigenvalue weighted by Crippen LogP contribution is -2.27. The number of nitrogens with one attached hydrogen (secondary N) is 2. The van der Waals surface area contributed by atoms with Gasteiger partial charge in [0.1, 0.15) is 0 Å². The minimum Gasteiger partial charge on any atom is -0.493 e. The summed E-state index contributed by atoms with van der Waals surface area (Å²) < 4.78 is 10.7. The summed E-state index contributed by atoms with van der Waals surface area (Å²) in [6, 6.07) is 5.47. The first kappa shape index (κ1) is 18.5. The van der Waals surface area contributed by atoms with Crippen molar-refractivity contribution in [2.24, 2.45) is 0 Å². The molecule has 0 aliphatic carbocycles. The van der Waals surface area contributed by atoms with Gasteiger partial charge in [0, 0.05) is 26.1 Å². The summed E-state index contributed by atoms with van der Waals surface area (Å²) in [5, 5.41) is 5.43. The Kier molecular flexibility index (Phi) is 8.28. The first-order valence-electron chi connectivity index (χ1n) is 7.58. The van der Waals surface area contributed by atoms with E-state index >= 15 is 0 Å². The van der Waals surface area contributed by atoms with Crippen LogP contribution >= 0.6 is 0 Å². The van der Waals surface area contributed by atoms with Crippen LogP contribution in [0.1, 0.15) is 25.8 Å². The molecule has 0 atom stereocenters. The number of ether oxygens (including phenoxy) is 2. The van der Waals surface area contributed by atoms with Crippen LogP contribution in [-0.2, 0) is 9.59 Å². The number of benzene rings is 1. The molecule has 0 unspecified atom stereocenters. The third-order valence-electron chi connectivity index (χ3n) is 2.94.